The number of hydrogen-bond donors (Lipinski definition) is 1. The number of carbonyl (C=O) groups is 1. The number of ether oxygens (including phenoxy) is 2. The van der Waals surface area contributed by atoms with Crippen LogP contribution in [0.25, 0.3) is 0 Å². The van der Waals surface area contributed by atoms with Crippen molar-refractivity contribution >= 4 is 44.9 Å². The number of rotatable bonds is 9. The van der Waals surface area contributed by atoms with Crippen LogP contribution in [0.15, 0.2) is 71.3 Å². The van der Waals surface area contributed by atoms with Crippen molar-refractivity contribution in [2.75, 3.05) is 31.4 Å². The average molecular weight is 654 g/mol. The Bertz CT molecular complexity index is 1550. The minimum atomic E-state index is -0.728. The first-order valence-electron chi connectivity index (χ1n) is 13.4. The molecule has 1 amide bonds. The summed E-state index contributed by atoms with van der Waals surface area (Å²) >= 11 is 9.58. The van der Waals surface area contributed by atoms with Crippen LogP contribution in [0.1, 0.15) is 45.6 Å². The number of methoxy groups -OCH3 is 2. The van der Waals surface area contributed by atoms with Crippen LogP contribution in [-0.4, -0.2) is 36.6 Å². The Morgan fingerprint density at radius 2 is 1.62 bits per heavy atom. The molecule has 0 spiro atoms. The maximum atomic E-state index is 14.8. The van der Waals surface area contributed by atoms with E-state index >= 15 is 0 Å². The second kappa shape index (κ2) is 12.6. The number of nitrogen functional groups attached to an aromatic ring is 1. The van der Waals surface area contributed by atoms with Gasteiger partial charge in [-0.15, -0.1) is 0 Å². The van der Waals surface area contributed by atoms with Crippen LogP contribution in [0, 0.1) is 5.82 Å². The maximum absolute atomic E-state index is 14.8. The third-order valence-corrected chi connectivity index (χ3v) is 9.02. The minimum absolute atomic E-state index is 0.0805. The SMILES string of the molecule is COc1ccc(CN(Cc2ccc(OC)cc2)c2ncccc2C(C)N2CCc3c(Cl)c(Br)c(F)c(N)c3C2=O)cc1. The number of nitrogens with two attached hydrogens (primary N) is 1. The van der Waals surface area contributed by atoms with Crippen molar-refractivity contribution in [3.8, 4) is 11.5 Å². The standard InChI is InChI=1S/C32H31BrClFN4O3/c1-19(39-16-14-25-26(32(39)40)30(36)29(35)27(33)28(25)34)24-5-4-15-37-31(24)38(17-20-6-10-22(41-2)11-7-20)18-21-8-12-23(42-3)13-9-21/h4-13,15,19H,14,16-18,36H2,1-3H3. The van der Waals surface area contributed by atoms with Crippen molar-refractivity contribution in [2.24, 2.45) is 0 Å². The number of benzene rings is 3. The van der Waals surface area contributed by atoms with Gasteiger partial charge in [-0.2, -0.15) is 0 Å². The first-order chi connectivity index (χ1) is 20.2. The zero-order chi connectivity index (χ0) is 30.0. The third kappa shape index (κ3) is 5.76. The molecule has 2 heterocycles. The summed E-state index contributed by atoms with van der Waals surface area (Å²) in [5, 5.41) is 0.185. The molecular formula is C32H31BrClFN4O3. The van der Waals surface area contributed by atoms with Gasteiger partial charge >= 0.3 is 0 Å². The normalized spacial score (nSPS) is 13.5. The van der Waals surface area contributed by atoms with E-state index in [1.54, 1.807) is 25.3 Å². The Morgan fingerprint density at radius 3 is 2.17 bits per heavy atom. The number of hydrogen-bond acceptors (Lipinski definition) is 6. The zero-order valence-corrected chi connectivity index (χ0v) is 25.9. The predicted octanol–water partition coefficient (Wildman–Crippen LogP) is 7.20. The number of nitrogens with zero attached hydrogens (tertiary/aromatic N) is 3. The molecule has 3 aromatic carbocycles. The Kier molecular flexibility index (Phi) is 8.89. The number of halogens is 3. The Balaban J connectivity index is 1.51. The Labute approximate surface area is 258 Å². The molecule has 218 valence electrons. The van der Waals surface area contributed by atoms with Crippen LogP contribution in [0.5, 0.6) is 11.5 Å². The Morgan fingerprint density at radius 1 is 1.05 bits per heavy atom. The fourth-order valence-electron chi connectivity index (χ4n) is 5.33. The fourth-order valence-corrected chi connectivity index (χ4v) is 6.06. The van der Waals surface area contributed by atoms with Crippen LogP contribution >= 0.6 is 27.5 Å². The summed E-state index contributed by atoms with van der Waals surface area (Å²) in [7, 11) is 3.28. The maximum Gasteiger partial charge on any atom is 0.256 e. The van der Waals surface area contributed by atoms with Gasteiger partial charge in [-0.05, 0) is 76.3 Å². The van der Waals surface area contributed by atoms with E-state index in [1.807, 2.05) is 67.6 Å². The number of aromatic nitrogens is 1. The molecule has 2 N–H and O–H groups in total. The van der Waals surface area contributed by atoms with Gasteiger partial charge < -0.3 is 25.0 Å². The lowest BCUT2D eigenvalue weighted by molar-refractivity contribution is 0.0673. The van der Waals surface area contributed by atoms with E-state index in [0.717, 1.165) is 34.0 Å². The van der Waals surface area contributed by atoms with Crippen molar-refractivity contribution in [1.82, 2.24) is 9.88 Å². The highest BCUT2D eigenvalue weighted by atomic mass is 79.9. The van der Waals surface area contributed by atoms with E-state index in [1.165, 1.54) is 0 Å². The largest absolute Gasteiger partial charge is 0.497 e. The molecule has 0 fully saturated rings. The van der Waals surface area contributed by atoms with Crippen LogP contribution in [-0.2, 0) is 19.5 Å². The molecule has 7 nitrogen and oxygen atoms in total. The van der Waals surface area contributed by atoms with E-state index in [0.29, 0.717) is 31.6 Å². The smallest absolute Gasteiger partial charge is 0.256 e. The summed E-state index contributed by atoms with van der Waals surface area (Å²) in [5.41, 5.74) is 9.59. The van der Waals surface area contributed by atoms with Crippen molar-refractivity contribution in [2.45, 2.75) is 32.5 Å². The van der Waals surface area contributed by atoms with E-state index in [9.17, 15) is 9.18 Å². The molecule has 0 aliphatic carbocycles. The van der Waals surface area contributed by atoms with Crippen molar-refractivity contribution in [3.63, 3.8) is 0 Å². The highest BCUT2D eigenvalue weighted by Gasteiger charge is 2.35. The minimum Gasteiger partial charge on any atom is -0.497 e. The van der Waals surface area contributed by atoms with Gasteiger partial charge in [0.2, 0.25) is 0 Å². The molecule has 0 saturated carbocycles. The number of amides is 1. The van der Waals surface area contributed by atoms with E-state index in [-0.39, 0.29) is 32.7 Å². The van der Waals surface area contributed by atoms with Gasteiger partial charge in [-0.1, -0.05) is 41.9 Å². The molecular weight excluding hydrogens is 623 g/mol. The second-order valence-electron chi connectivity index (χ2n) is 10.1. The lowest BCUT2D eigenvalue weighted by Gasteiger charge is -2.37. The first-order valence-corrected chi connectivity index (χ1v) is 14.6. The fraction of sp³-hybridized carbons (Fsp3) is 0.250. The molecule has 1 aliphatic rings. The predicted molar refractivity (Wildman–Crippen MR) is 167 cm³/mol. The Hall–Kier alpha value is -3.82. The lowest BCUT2D eigenvalue weighted by atomic mass is 9.94. The molecule has 1 aliphatic heterocycles. The van der Waals surface area contributed by atoms with E-state index < -0.39 is 5.82 Å². The van der Waals surface area contributed by atoms with Crippen molar-refractivity contribution in [1.29, 1.82) is 0 Å². The zero-order valence-electron chi connectivity index (χ0n) is 23.5. The summed E-state index contributed by atoms with van der Waals surface area (Å²) in [6.07, 6.45) is 2.20. The number of pyridine rings is 1. The number of fused-ring (bicyclic) bond motifs is 1. The van der Waals surface area contributed by atoms with Crippen LogP contribution < -0.4 is 20.1 Å². The molecule has 1 aromatic heterocycles. The van der Waals surface area contributed by atoms with Crippen molar-refractivity contribution in [3.05, 3.63) is 110 Å². The van der Waals surface area contributed by atoms with Gasteiger partial charge in [0.15, 0.2) is 5.82 Å². The first kappa shape index (κ1) is 29.7. The monoisotopic (exact) mass is 652 g/mol. The summed E-state index contributed by atoms with van der Waals surface area (Å²) in [6, 6.07) is 19.3. The third-order valence-electron chi connectivity index (χ3n) is 7.63. The van der Waals surface area contributed by atoms with Gasteiger partial charge in [0.05, 0.1) is 41.0 Å². The molecule has 4 aromatic rings. The topological polar surface area (TPSA) is 80.9 Å². The molecule has 0 radical (unpaired) electrons. The van der Waals surface area contributed by atoms with Gasteiger partial charge in [-0.3, -0.25) is 4.79 Å². The molecule has 1 atom stereocenters. The summed E-state index contributed by atoms with van der Waals surface area (Å²) < 4.78 is 25.6. The highest BCUT2D eigenvalue weighted by molar-refractivity contribution is 9.10. The van der Waals surface area contributed by atoms with Crippen LogP contribution in [0.4, 0.5) is 15.9 Å². The van der Waals surface area contributed by atoms with Crippen molar-refractivity contribution < 1.29 is 18.7 Å². The van der Waals surface area contributed by atoms with E-state index in [2.05, 4.69) is 20.8 Å². The van der Waals surface area contributed by atoms with Crippen LogP contribution in [0.3, 0.4) is 0 Å². The summed E-state index contributed by atoms with van der Waals surface area (Å²) in [4.78, 5) is 22.5. The van der Waals surface area contributed by atoms with Crippen LogP contribution in [0.2, 0.25) is 5.02 Å². The number of carbonyl (C=O) groups excluding carboxylic acids is 1. The van der Waals surface area contributed by atoms with E-state index in [4.69, 9.17) is 31.8 Å². The summed E-state index contributed by atoms with van der Waals surface area (Å²) in [5.74, 6) is 1.21. The second-order valence-corrected chi connectivity index (χ2v) is 11.3. The molecule has 42 heavy (non-hydrogen) atoms. The lowest BCUT2D eigenvalue weighted by Crippen LogP contribution is -2.41. The number of anilines is 2. The quantitative estimate of drug-likeness (QED) is 0.152. The molecule has 0 bridgehead atoms. The average Bonchev–Trinajstić information content (AvgIpc) is 3.02. The summed E-state index contributed by atoms with van der Waals surface area (Å²) in [6.45, 7) is 3.47. The molecule has 0 saturated heterocycles. The van der Waals surface area contributed by atoms with Gasteiger partial charge in [0.25, 0.3) is 5.91 Å². The highest BCUT2D eigenvalue weighted by Crippen LogP contribution is 2.41. The van der Waals surface area contributed by atoms with Gasteiger partial charge in [0.1, 0.15) is 17.3 Å². The van der Waals surface area contributed by atoms with Gasteiger partial charge in [-0.25, -0.2) is 9.37 Å². The molecule has 1 unspecified atom stereocenters. The van der Waals surface area contributed by atoms with Gasteiger partial charge in [0, 0.05) is 31.4 Å². The molecule has 10 heteroatoms. The molecule has 5 rings (SSSR count).